The summed E-state index contributed by atoms with van der Waals surface area (Å²) < 4.78 is 5.47. The molecule has 2 atom stereocenters. The van der Waals surface area contributed by atoms with Gasteiger partial charge in [-0.05, 0) is 52.5 Å². The van der Waals surface area contributed by atoms with Gasteiger partial charge in [0.25, 0.3) is 0 Å². The molecule has 4 heteroatoms. The van der Waals surface area contributed by atoms with Crippen molar-refractivity contribution in [1.29, 1.82) is 0 Å². The number of hydrogen-bond acceptors (Lipinski definition) is 3. The standard InChI is InChI=1S/C13H24N2O2/c1-12(6-5-9-17-10-12)15-11(16)13(2)7-3-4-8-14-13/h14H,3-10H2,1-2H3,(H,15,16). The van der Waals surface area contributed by atoms with Crippen LogP contribution in [0.15, 0.2) is 0 Å². The summed E-state index contributed by atoms with van der Waals surface area (Å²) >= 11 is 0. The molecule has 98 valence electrons. The van der Waals surface area contributed by atoms with Crippen LogP contribution in [-0.2, 0) is 9.53 Å². The summed E-state index contributed by atoms with van der Waals surface area (Å²) in [5.74, 6) is 0.130. The van der Waals surface area contributed by atoms with Crippen molar-refractivity contribution in [3.63, 3.8) is 0 Å². The minimum Gasteiger partial charge on any atom is -0.379 e. The van der Waals surface area contributed by atoms with Gasteiger partial charge in [-0.2, -0.15) is 0 Å². The molecule has 2 N–H and O–H groups in total. The fraction of sp³-hybridized carbons (Fsp3) is 0.923. The topological polar surface area (TPSA) is 50.4 Å². The largest absolute Gasteiger partial charge is 0.379 e. The van der Waals surface area contributed by atoms with Crippen LogP contribution < -0.4 is 10.6 Å². The van der Waals surface area contributed by atoms with Gasteiger partial charge >= 0.3 is 0 Å². The van der Waals surface area contributed by atoms with Crippen molar-refractivity contribution in [2.75, 3.05) is 19.8 Å². The van der Waals surface area contributed by atoms with Gasteiger partial charge < -0.3 is 15.4 Å². The lowest BCUT2D eigenvalue weighted by molar-refractivity contribution is -0.131. The van der Waals surface area contributed by atoms with Gasteiger partial charge in [-0.25, -0.2) is 0 Å². The van der Waals surface area contributed by atoms with Crippen molar-refractivity contribution in [3.05, 3.63) is 0 Å². The Bertz CT molecular complexity index is 279. The number of rotatable bonds is 2. The molecule has 17 heavy (non-hydrogen) atoms. The maximum absolute atomic E-state index is 12.4. The molecule has 2 saturated heterocycles. The molecule has 0 radical (unpaired) electrons. The predicted octanol–water partition coefficient (Wildman–Crippen LogP) is 1.20. The maximum atomic E-state index is 12.4. The molecule has 0 saturated carbocycles. The molecule has 0 spiro atoms. The van der Waals surface area contributed by atoms with Crippen LogP contribution in [0.2, 0.25) is 0 Å². The molecule has 0 aromatic rings. The van der Waals surface area contributed by atoms with Crippen LogP contribution in [0.25, 0.3) is 0 Å². The molecule has 0 aliphatic carbocycles. The van der Waals surface area contributed by atoms with Crippen LogP contribution in [0.1, 0.15) is 46.0 Å². The Kier molecular flexibility index (Phi) is 3.73. The van der Waals surface area contributed by atoms with Gasteiger partial charge in [0.1, 0.15) is 0 Å². The van der Waals surface area contributed by atoms with E-state index in [9.17, 15) is 4.79 Å². The first-order valence-corrected chi connectivity index (χ1v) is 6.70. The Hall–Kier alpha value is -0.610. The predicted molar refractivity (Wildman–Crippen MR) is 66.9 cm³/mol. The number of ether oxygens (including phenoxy) is 1. The maximum Gasteiger partial charge on any atom is 0.240 e. The fourth-order valence-corrected chi connectivity index (χ4v) is 2.69. The molecule has 4 nitrogen and oxygen atoms in total. The number of piperidine rings is 1. The number of carbonyl (C=O) groups excluding carboxylic acids is 1. The van der Waals surface area contributed by atoms with E-state index in [-0.39, 0.29) is 11.4 Å². The van der Waals surface area contributed by atoms with E-state index >= 15 is 0 Å². The van der Waals surface area contributed by atoms with Gasteiger partial charge in [0.2, 0.25) is 5.91 Å². The molecule has 0 aromatic carbocycles. The normalized spacial score (nSPS) is 38.7. The van der Waals surface area contributed by atoms with Crippen molar-refractivity contribution in [2.24, 2.45) is 0 Å². The zero-order chi connectivity index (χ0) is 12.4. The van der Waals surface area contributed by atoms with E-state index in [1.165, 1.54) is 6.42 Å². The summed E-state index contributed by atoms with van der Waals surface area (Å²) in [5, 5.41) is 6.53. The fourth-order valence-electron chi connectivity index (χ4n) is 2.69. The van der Waals surface area contributed by atoms with E-state index in [1.54, 1.807) is 0 Å². The lowest BCUT2D eigenvalue weighted by atomic mass is 9.87. The first-order chi connectivity index (χ1) is 8.04. The SMILES string of the molecule is CC1(NC(=O)C2(C)CCCCN2)CCCOC1. The number of amides is 1. The minimum absolute atomic E-state index is 0.130. The van der Waals surface area contributed by atoms with Gasteiger partial charge in [-0.15, -0.1) is 0 Å². The van der Waals surface area contributed by atoms with E-state index in [1.807, 2.05) is 6.92 Å². The summed E-state index contributed by atoms with van der Waals surface area (Å²) in [6.07, 6.45) is 5.26. The van der Waals surface area contributed by atoms with Gasteiger partial charge in [-0.1, -0.05) is 0 Å². The van der Waals surface area contributed by atoms with E-state index in [0.717, 1.165) is 38.8 Å². The Morgan fingerprint density at radius 3 is 2.65 bits per heavy atom. The molecule has 0 bridgehead atoms. The molecule has 2 fully saturated rings. The monoisotopic (exact) mass is 240 g/mol. The molecular formula is C13H24N2O2. The summed E-state index contributed by atoms with van der Waals surface area (Å²) in [7, 11) is 0. The van der Waals surface area contributed by atoms with Crippen LogP contribution in [0.3, 0.4) is 0 Å². The number of hydrogen-bond donors (Lipinski definition) is 2. The second-order valence-corrected chi connectivity index (χ2v) is 5.89. The van der Waals surface area contributed by atoms with E-state index in [4.69, 9.17) is 4.74 Å². The van der Waals surface area contributed by atoms with E-state index in [0.29, 0.717) is 6.61 Å². The highest BCUT2D eigenvalue weighted by atomic mass is 16.5. The Morgan fingerprint density at radius 2 is 2.06 bits per heavy atom. The molecule has 2 heterocycles. The number of carbonyl (C=O) groups is 1. The highest BCUT2D eigenvalue weighted by Crippen LogP contribution is 2.23. The van der Waals surface area contributed by atoms with Gasteiger partial charge in [0.05, 0.1) is 17.7 Å². The third-order valence-corrected chi connectivity index (χ3v) is 3.97. The lowest BCUT2D eigenvalue weighted by Gasteiger charge is -2.40. The van der Waals surface area contributed by atoms with Crippen molar-refractivity contribution in [3.8, 4) is 0 Å². The Balaban J connectivity index is 1.95. The third-order valence-electron chi connectivity index (χ3n) is 3.97. The highest BCUT2D eigenvalue weighted by Gasteiger charge is 2.38. The average molecular weight is 240 g/mol. The smallest absolute Gasteiger partial charge is 0.240 e. The van der Waals surface area contributed by atoms with Crippen molar-refractivity contribution < 1.29 is 9.53 Å². The first kappa shape index (κ1) is 12.8. The molecule has 2 unspecified atom stereocenters. The van der Waals surface area contributed by atoms with Crippen LogP contribution in [0.4, 0.5) is 0 Å². The van der Waals surface area contributed by atoms with Crippen LogP contribution in [0, 0.1) is 0 Å². The second kappa shape index (κ2) is 4.94. The van der Waals surface area contributed by atoms with Crippen LogP contribution >= 0.6 is 0 Å². The zero-order valence-corrected chi connectivity index (χ0v) is 11.0. The number of nitrogens with one attached hydrogen (secondary N) is 2. The molecule has 2 aliphatic rings. The van der Waals surface area contributed by atoms with Crippen molar-refractivity contribution in [1.82, 2.24) is 10.6 Å². The van der Waals surface area contributed by atoms with Crippen molar-refractivity contribution in [2.45, 2.75) is 57.0 Å². The molecule has 1 amide bonds. The second-order valence-electron chi connectivity index (χ2n) is 5.89. The van der Waals surface area contributed by atoms with E-state index < -0.39 is 5.54 Å². The van der Waals surface area contributed by atoms with Gasteiger partial charge in [0.15, 0.2) is 0 Å². The summed E-state index contributed by atoms with van der Waals surface area (Å²) in [5.41, 5.74) is -0.573. The third kappa shape index (κ3) is 2.99. The Morgan fingerprint density at radius 1 is 1.24 bits per heavy atom. The van der Waals surface area contributed by atoms with E-state index in [2.05, 4.69) is 17.6 Å². The lowest BCUT2D eigenvalue weighted by Crippen LogP contribution is -2.62. The molecule has 2 rings (SSSR count). The summed E-state index contributed by atoms with van der Waals surface area (Å²) in [4.78, 5) is 12.4. The Labute approximate surface area is 103 Å². The van der Waals surface area contributed by atoms with Gasteiger partial charge in [-0.3, -0.25) is 4.79 Å². The molecule has 2 aliphatic heterocycles. The molecular weight excluding hydrogens is 216 g/mol. The molecule has 0 aromatic heterocycles. The minimum atomic E-state index is -0.390. The summed E-state index contributed by atoms with van der Waals surface area (Å²) in [6, 6.07) is 0. The average Bonchev–Trinajstić information content (AvgIpc) is 2.30. The zero-order valence-electron chi connectivity index (χ0n) is 11.0. The van der Waals surface area contributed by atoms with Gasteiger partial charge in [0, 0.05) is 6.61 Å². The highest BCUT2D eigenvalue weighted by molar-refractivity contribution is 5.86. The van der Waals surface area contributed by atoms with Crippen LogP contribution in [-0.4, -0.2) is 36.7 Å². The van der Waals surface area contributed by atoms with Crippen molar-refractivity contribution >= 4 is 5.91 Å². The quantitative estimate of drug-likeness (QED) is 0.762. The summed E-state index contributed by atoms with van der Waals surface area (Å²) in [6.45, 7) is 6.48. The van der Waals surface area contributed by atoms with Crippen LogP contribution in [0.5, 0.6) is 0 Å². The first-order valence-electron chi connectivity index (χ1n) is 6.70.